The Morgan fingerprint density at radius 3 is 2.36 bits per heavy atom. The molecule has 0 saturated carbocycles. The lowest BCUT2D eigenvalue weighted by molar-refractivity contribution is -0.117. The molecule has 2 aromatic rings. The van der Waals surface area contributed by atoms with Gasteiger partial charge in [0.05, 0.1) is 4.90 Å². The molecule has 3 saturated heterocycles. The zero-order valence-corrected chi connectivity index (χ0v) is 21.3. The summed E-state index contributed by atoms with van der Waals surface area (Å²) in [5, 5.41) is 3.14. The molecular weight excluding hydrogens is 486 g/mol. The molecule has 8 nitrogen and oxygen atoms in total. The lowest BCUT2D eigenvalue weighted by atomic mass is 9.89. The predicted molar refractivity (Wildman–Crippen MR) is 134 cm³/mol. The Morgan fingerprint density at radius 2 is 1.72 bits per heavy atom. The van der Waals surface area contributed by atoms with Crippen LogP contribution in [0.4, 0.5) is 20.4 Å². The van der Waals surface area contributed by atoms with Crippen LogP contribution < -0.4 is 15.1 Å². The summed E-state index contributed by atoms with van der Waals surface area (Å²) in [5.74, 6) is -3.30. The number of aryl methyl sites for hydroxylation is 1. The lowest BCUT2D eigenvalue weighted by Gasteiger charge is -2.35. The van der Waals surface area contributed by atoms with E-state index in [0.29, 0.717) is 75.1 Å². The number of benzene rings is 1. The number of alkyl halides is 2. The van der Waals surface area contributed by atoms with Crippen molar-refractivity contribution in [3.8, 4) is 0 Å². The third-order valence-electron chi connectivity index (χ3n) is 7.22. The van der Waals surface area contributed by atoms with Gasteiger partial charge in [-0.15, -0.1) is 0 Å². The number of rotatable bonds is 6. The molecule has 3 fully saturated rings. The average molecular weight is 519 g/mol. The zero-order chi connectivity index (χ0) is 25.3. The number of amides is 1. The third kappa shape index (κ3) is 5.14. The molecule has 11 heteroatoms. The van der Waals surface area contributed by atoms with Crippen LogP contribution in [-0.2, 0) is 21.7 Å². The molecule has 1 aromatic heterocycles. The molecule has 1 N–H and O–H groups in total. The van der Waals surface area contributed by atoms with Gasteiger partial charge in [-0.1, -0.05) is 0 Å². The Kier molecular flexibility index (Phi) is 7.32. The minimum absolute atomic E-state index is 0.120. The van der Waals surface area contributed by atoms with Gasteiger partial charge in [0.1, 0.15) is 16.7 Å². The molecule has 3 aliphatic rings. The molecule has 1 amide bonds. The van der Waals surface area contributed by atoms with E-state index in [0.717, 1.165) is 18.7 Å². The topological polar surface area (TPSA) is 81.7 Å². The molecule has 0 radical (unpaired) electrons. The first kappa shape index (κ1) is 25.2. The SMILES string of the molecule is Cc1cc(C(F)(F)C2CCNCC2)nc(N2CCN(S(=O)c3ccc(N4CCCC4=O)cc3)CC2)n1. The molecular formula is C25H32F2N6O2S. The molecule has 1 unspecified atom stereocenters. The number of carbonyl (C=O) groups is 1. The lowest BCUT2D eigenvalue weighted by Crippen LogP contribution is -2.47. The van der Waals surface area contributed by atoms with Gasteiger partial charge < -0.3 is 15.1 Å². The number of piperidine rings is 1. The average Bonchev–Trinajstić information content (AvgIpc) is 3.34. The molecule has 3 aliphatic heterocycles. The van der Waals surface area contributed by atoms with Gasteiger partial charge in [0, 0.05) is 56.4 Å². The summed E-state index contributed by atoms with van der Waals surface area (Å²) in [6.07, 6.45) is 2.27. The van der Waals surface area contributed by atoms with Gasteiger partial charge in [-0.25, -0.2) is 18.5 Å². The third-order valence-corrected chi connectivity index (χ3v) is 8.72. The fraction of sp³-hybridized carbons (Fsp3) is 0.560. The molecule has 1 atom stereocenters. The first-order valence-electron chi connectivity index (χ1n) is 12.6. The van der Waals surface area contributed by atoms with E-state index < -0.39 is 22.8 Å². The van der Waals surface area contributed by atoms with E-state index >= 15 is 8.78 Å². The quantitative estimate of drug-likeness (QED) is 0.634. The highest BCUT2D eigenvalue weighted by Crippen LogP contribution is 2.40. The van der Waals surface area contributed by atoms with Crippen LogP contribution in [0.5, 0.6) is 0 Å². The minimum atomic E-state index is -3.00. The second-order valence-corrected chi connectivity index (χ2v) is 11.1. The largest absolute Gasteiger partial charge is 0.338 e. The fourth-order valence-corrected chi connectivity index (χ4v) is 6.29. The maximum Gasteiger partial charge on any atom is 0.292 e. The van der Waals surface area contributed by atoms with Crippen molar-refractivity contribution in [3.05, 3.63) is 41.7 Å². The maximum absolute atomic E-state index is 15.3. The molecule has 0 aliphatic carbocycles. The van der Waals surface area contributed by atoms with Gasteiger partial charge in [0.15, 0.2) is 0 Å². The Balaban J connectivity index is 1.23. The van der Waals surface area contributed by atoms with Crippen LogP contribution in [0.1, 0.15) is 37.1 Å². The van der Waals surface area contributed by atoms with E-state index in [1.165, 1.54) is 6.07 Å². The Bertz CT molecular complexity index is 1120. The summed E-state index contributed by atoms with van der Waals surface area (Å²) in [6, 6.07) is 8.70. The molecule has 4 heterocycles. The first-order valence-corrected chi connectivity index (χ1v) is 13.7. The maximum atomic E-state index is 15.3. The normalized spacial score (nSPS) is 21.2. The van der Waals surface area contributed by atoms with Crippen molar-refractivity contribution in [1.29, 1.82) is 0 Å². The van der Waals surface area contributed by atoms with Crippen molar-refractivity contribution in [3.63, 3.8) is 0 Å². The number of carbonyl (C=O) groups excluding carboxylic acids is 1. The van der Waals surface area contributed by atoms with Gasteiger partial charge in [0.2, 0.25) is 11.9 Å². The highest BCUT2D eigenvalue weighted by Gasteiger charge is 2.43. The molecule has 0 bridgehead atoms. The van der Waals surface area contributed by atoms with Crippen molar-refractivity contribution in [2.45, 2.75) is 43.4 Å². The number of piperazine rings is 1. The van der Waals surface area contributed by atoms with Crippen LogP contribution >= 0.6 is 0 Å². The van der Waals surface area contributed by atoms with E-state index in [4.69, 9.17) is 0 Å². The summed E-state index contributed by atoms with van der Waals surface area (Å²) in [4.78, 5) is 25.0. The second kappa shape index (κ2) is 10.5. The number of nitrogens with zero attached hydrogens (tertiary/aromatic N) is 5. The number of aromatic nitrogens is 2. The van der Waals surface area contributed by atoms with Crippen LogP contribution in [0, 0.1) is 12.8 Å². The molecule has 36 heavy (non-hydrogen) atoms. The summed E-state index contributed by atoms with van der Waals surface area (Å²) in [6.45, 7) is 5.60. The number of halogens is 2. The van der Waals surface area contributed by atoms with Crippen molar-refractivity contribution in [1.82, 2.24) is 19.6 Å². The van der Waals surface area contributed by atoms with Crippen LogP contribution in [0.2, 0.25) is 0 Å². The van der Waals surface area contributed by atoms with E-state index in [1.54, 1.807) is 11.8 Å². The number of anilines is 2. The van der Waals surface area contributed by atoms with Crippen LogP contribution in [-0.4, -0.2) is 70.2 Å². The standard InChI is InChI=1S/C25H32F2N6O2S/c1-18-17-22(25(26,27)19-8-10-28-11-9-19)30-24(29-18)31-13-15-32(16-14-31)36(35)21-6-4-20(5-7-21)33-12-2-3-23(33)34/h4-7,17,19,28H,2-3,8-16H2,1H3. The van der Waals surface area contributed by atoms with Crippen molar-refractivity contribution in [2.75, 3.05) is 55.6 Å². The summed E-state index contributed by atoms with van der Waals surface area (Å²) in [5.41, 5.74) is 1.14. The number of hydrogen-bond donors (Lipinski definition) is 1. The first-order chi connectivity index (χ1) is 17.3. The van der Waals surface area contributed by atoms with Gasteiger partial charge in [-0.3, -0.25) is 4.79 Å². The molecule has 194 valence electrons. The smallest absolute Gasteiger partial charge is 0.292 e. The van der Waals surface area contributed by atoms with E-state index in [2.05, 4.69) is 15.3 Å². The van der Waals surface area contributed by atoms with Crippen molar-refractivity contribution >= 4 is 28.5 Å². The molecule has 5 rings (SSSR count). The van der Waals surface area contributed by atoms with Gasteiger partial charge in [-0.05, 0) is 69.6 Å². The minimum Gasteiger partial charge on any atom is -0.338 e. The van der Waals surface area contributed by atoms with Crippen LogP contribution in [0.15, 0.2) is 35.2 Å². The van der Waals surface area contributed by atoms with Gasteiger partial charge in [0.25, 0.3) is 5.92 Å². The Morgan fingerprint density at radius 1 is 1.03 bits per heavy atom. The summed E-state index contributed by atoms with van der Waals surface area (Å²) >= 11 is 0. The monoisotopic (exact) mass is 518 g/mol. The fourth-order valence-electron chi connectivity index (χ4n) is 5.13. The van der Waals surface area contributed by atoms with E-state index in [9.17, 15) is 9.00 Å². The van der Waals surface area contributed by atoms with E-state index in [-0.39, 0.29) is 11.6 Å². The van der Waals surface area contributed by atoms with Crippen LogP contribution in [0.25, 0.3) is 0 Å². The van der Waals surface area contributed by atoms with Gasteiger partial charge >= 0.3 is 0 Å². The van der Waals surface area contributed by atoms with Gasteiger partial charge in [-0.2, -0.15) is 8.78 Å². The second-order valence-electron chi connectivity index (χ2n) is 9.65. The number of nitrogens with one attached hydrogen (secondary N) is 1. The molecule has 1 aromatic carbocycles. The van der Waals surface area contributed by atoms with E-state index in [1.807, 2.05) is 33.5 Å². The Labute approximate surface area is 212 Å². The highest BCUT2D eigenvalue weighted by molar-refractivity contribution is 7.82. The zero-order valence-electron chi connectivity index (χ0n) is 20.5. The summed E-state index contributed by atoms with van der Waals surface area (Å²) < 4.78 is 45.6. The highest BCUT2D eigenvalue weighted by atomic mass is 32.2. The number of hydrogen-bond acceptors (Lipinski definition) is 6. The van der Waals surface area contributed by atoms with Crippen molar-refractivity contribution < 1.29 is 17.8 Å². The van der Waals surface area contributed by atoms with Crippen LogP contribution in [0.3, 0.4) is 0 Å². The summed E-state index contributed by atoms with van der Waals surface area (Å²) in [7, 11) is -1.35. The predicted octanol–water partition coefficient (Wildman–Crippen LogP) is 2.85. The Hall–Kier alpha value is -2.50. The molecule has 0 spiro atoms. The van der Waals surface area contributed by atoms with Crippen molar-refractivity contribution in [2.24, 2.45) is 5.92 Å².